The lowest BCUT2D eigenvalue weighted by Crippen LogP contribution is -2.37. The van der Waals surface area contributed by atoms with E-state index in [4.69, 9.17) is 0 Å². The van der Waals surface area contributed by atoms with Crippen LogP contribution in [0.5, 0.6) is 0 Å². The fourth-order valence-corrected chi connectivity index (χ4v) is 2.88. The molecule has 0 radical (unpaired) electrons. The largest absolute Gasteiger partial charge is 0.343 e. The maximum atomic E-state index is 13.6. The van der Waals surface area contributed by atoms with E-state index < -0.39 is 6.04 Å². The van der Waals surface area contributed by atoms with Gasteiger partial charge in [0.05, 0.1) is 0 Å². The molecule has 1 unspecified atom stereocenters. The van der Waals surface area contributed by atoms with Gasteiger partial charge in [-0.25, -0.2) is 9.07 Å². The Hall–Kier alpha value is -3.16. The Morgan fingerprint density at radius 1 is 1.26 bits per heavy atom. The van der Waals surface area contributed by atoms with E-state index in [2.05, 4.69) is 20.5 Å². The SMILES string of the molecule is Cc1nnnn1C(Cc1cccc(F)c1)C(=O)N(C)CCc1ccccn1. The summed E-state index contributed by atoms with van der Waals surface area (Å²) in [6.45, 7) is 2.25. The molecular formula is C19H21FN6O. The number of carbonyl (C=O) groups excluding carboxylic acids is 1. The molecule has 2 aromatic heterocycles. The minimum absolute atomic E-state index is 0.134. The number of pyridine rings is 1. The zero-order valence-corrected chi connectivity index (χ0v) is 15.3. The lowest BCUT2D eigenvalue weighted by Gasteiger charge is -2.24. The first-order valence-corrected chi connectivity index (χ1v) is 8.68. The van der Waals surface area contributed by atoms with E-state index in [0.29, 0.717) is 30.8 Å². The Morgan fingerprint density at radius 2 is 2.11 bits per heavy atom. The first kappa shape index (κ1) is 18.6. The summed E-state index contributed by atoms with van der Waals surface area (Å²) in [5, 5.41) is 11.5. The molecule has 0 aliphatic carbocycles. The first-order valence-electron chi connectivity index (χ1n) is 8.68. The van der Waals surface area contributed by atoms with Gasteiger partial charge in [0.15, 0.2) is 0 Å². The maximum Gasteiger partial charge on any atom is 0.247 e. The molecule has 1 amide bonds. The van der Waals surface area contributed by atoms with E-state index in [-0.39, 0.29) is 11.7 Å². The number of rotatable bonds is 7. The summed E-state index contributed by atoms with van der Waals surface area (Å²) >= 11 is 0. The van der Waals surface area contributed by atoms with E-state index in [1.54, 1.807) is 37.2 Å². The quantitative estimate of drug-likeness (QED) is 0.637. The second-order valence-corrected chi connectivity index (χ2v) is 6.35. The van der Waals surface area contributed by atoms with Crippen LogP contribution in [0.4, 0.5) is 4.39 Å². The van der Waals surface area contributed by atoms with Gasteiger partial charge in [0.25, 0.3) is 0 Å². The fourth-order valence-electron chi connectivity index (χ4n) is 2.88. The van der Waals surface area contributed by atoms with Gasteiger partial charge in [0.1, 0.15) is 17.7 Å². The molecule has 0 bridgehead atoms. The van der Waals surface area contributed by atoms with Gasteiger partial charge in [0.2, 0.25) is 5.91 Å². The molecule has 0 saturated heterocycles. The number of carbonyl (C=O) groups is 1. The molecule has 1 aromatic carbocycles. The number of aryl methyl sites for hydroxylation is 1. The summed E-state index contributed by atoms with van der Waals surface area (Å²) < 4.78 is 15.0. The van der Waals surface area contributed by atoms with Gasteiger partial charge in [-0.2, -0.15) is 0 Å². The molecule has 2 heterocycles. The molecule has 0 aliphatic heterocycles. The Morgan fingerprint density at radius 3 is 2.78 bits per heavy atom. The Labute approximate surface area is 156 Å². The Bertz CT molecular complexity index is 898. The van der Waals surface area contributed by atoms with Crippen molar-refractivity contribution in [2.45, 2.75) is 25.8 Å². The van der Waals surface area contributed by atoms with Crippen LogP contribution in [0, 0.1) is 12.7 Å². The summed E-state index contributed by atoms with van der Waals surface area (Å²) in [6.07, 6.45) is 2.68. The molecule has 8 heteroatoms. The highest BCUT2D eigenvalue weighted by molar-refractivity contribution is 5.80. The van der Waals surface area contributed by atoms with Crippen molar-refractivity contribution in [3.8, 4) is 0 Å². The third kappa shape index (κ3) is 4.72. The molecule has 140 valence electrons. The van der Waals surface area contributed by atoms with E-state index in [9.17, 15) is 9.18 Å². The Balaban J connectivity index is 1.77. The molecule has 3 rings (SSSR count). The topological polar surface area (TPSA) is 76.8 Å². The number of aromatic nitrogens is 5. The van der Waals surface area contributed by atoms with Crippen LogP contribution in [0.25, 0.3) is 0 Å². The van der Waals surface area contributed by atoms with E-state index in [0.717, 1.165) is 5.69 Å². The van der Waals surface area contributed by atoms with Crippen LogP contribution in [0.15, 0.2) is 48.7 Å². The van der Waals surface area contributed by atoms with Crippen molar-refractivity contribution in [2.24, 2.45) is 0 Å². The summed E-state index contributed by atoms with van der Waals surface area (Å²) in [7, 11) is 1.74. The van der Waals surface area contributed by atoms with Crippen LogP contribution in [0.3, 0.4) is 0 Å². The molecule has 0 N–H and O–H groups in total. The zero-order valence-electron chi connectivity index (χ0n) is 15.3. The smallest absolute Gasteiger partial charge is 0.247 e. The average molecular weight is 368 g/mol. The van der Waals surface area contributed by atoms with Gasteiger partial charge >= 0.3 is 0 Å². The van der Waals surface area contributed by atoms with E-state index in [1.165, 1.54) is 16.8 Å². The van der Waals surface area contributed by atoms with E-state index in [1.807, 2.05) is 18.2 Å². The van der Waals surface area contributed by atoms with Gasteiger partial charge in [-0.1, -0.05) is 18.2 Å². The second kappa shape index (κ2) is 8.48. The van der Waals surface area contributed by atoms with Crippen molar-refractivity contribution in [3.63, 3.8) is 0 Å². The second-order valence-electron chi connectivity index (χ2n) is 6.35. The summed E-state index contributed by atoms with van der Waals surface area (Å²) in [5.41, 5.74) is 1.62. The number of tetrazole rings is 1. The monoisotopic (exact) mass is 368 g/mol. The third-order valence-electron chi connectivity index (χ3n) is 4.36. The minimum atomic E-state index is -0.643. The molecule has 0 fully saturated rings. The number of benzene rings is 1. The fraction of sp³-hybridized carbons (Fsp3) is 0.316. The van der Waals surface area contributed by atoms with Crippen molar-refractivity contribution in [1.82, 2.24) is 30.1 Å². The van der Waals surface area contributed by atoms with Crippen LogP contribution < -0.4 is 0 Å². The molecule has 27 heavy (non-hydrogen) atoms. The van der Waals surface area contributed by atoms with Crippen molar-refractivity contribution < 1.29 is 9.18 Å². The summed E-state index contributed by atoms with van der Waals surface area (Å²) in [5.74, 6) is 0.0594. The average Bonchev–Trinajstić information content (AvgIpc) is 3.10. The van der Waals surface area contributed by atoms with Gasteiger partial charge in [0, 0.05) is 38.3 Å². The van der Waals surface area contributed by atoms with Crippen LogP contribution >= 0.6 is 0 Å². The molecule has 1 atom stereocenters. The standard InChI is InChI=1S/C19H21FN6O/c1-14-22-23-24-26(14)18(13-15-6-5-7-16(20)12-15)19(27)25(2)11-9-17-8-3-4-10-21-17/h3-8,10,12,18H,9,11,13H2,1-2H3. The molecule has 3 aromatic rings. The van der Waals surface area contributed by atoms with Crippen molar-refractivity contribution >= 4 is 5.91 Å². The number of hydrogen-bond acceptors (Lipinski definition) is 5. The lowest BCUT2D eigenvalue weighted by atomic mass is 10.0. The van der Waals surface area contributed by atoms with Gasteiger partial charge < -0.3 is 4.90 Å². The molecule has 0 spiro atoms. The van der Waals surface area contributed by atoms with Gasteiger partial charge in [-0.15, -0.1) is 5.10 Å². The highest BCUT2D eigenvalue weighted by Gasteiger charge is 2.27. The predicted octanol–water partition coefficient (Wildman–Crippen LogP) is 2.00. The van der Waals surface area contributed by atoms with Gasteiger partial charge in [-0.05, 0) is 47.2 Å². The summed E-state index contributed by atoms with van der Waals surface area (Å²) in [6, 6.07) is 11.3. The summed E-state index contributed by atoms with van der Waals surface area (Å²) in [4.78, 5) is 19.0. The van der Waals surface area contributed by atoms with Crippen LogP contribution in [-0.2, 0) is 17.6 Å². The molecule has 0 aliphatic rings. The van der Waals surface area contributed by atoms with Crippen LogP contribution in [-0.4, -0.2) is 49.6 Å². The zero-order chi connectivity index (χ0) is 19.2. The molecular weight excluding hydrogens is 347 g/mol. The number of amides is 1. The third-order valence-corrected chi connectivity index (χ3v) is 4.36. The van der Waals surface area contributed by atoms with Crippen LogP contribution in [0.1, 0.15) is 23.1 Å². The number of halogens is 1. The molecule has 7 nitrogen and oxygen atoms in total. The van der Waals surface area contributed by atoms with Gasteiger partial charge in [-0.3, -0.25) is 9.78 Å². The van der Waals surface area contributed by atoms with Crippen molar-refractivity contribution in [2.75, 3.05) is 13.6 Å². The Kier molecular flexibility index (Phi) is 5.85. The first-order chi connectivity index (χ1) is 13.0. The number of nitrogens with zero attached hydrogens (tertiary/aromatic N) is 6. The highest BCUT2D eigenvalue weighted by Crippen LogP contribution is 2.18. The highest BCUT2D eigenvalue weighted by atomic mass is 19.1. The molecule has 0 saturated carbocycles. The van der Waals surface area contributed by atoms with E-state index >= 15 is 0 Å². The maximum absolute atomic E-state index is 13.6. The van der Waals surface area contributed by atoms with Crippen LogP contribution in [0.2, 0.25) is 0 Å². The lowest BCUT2D eigenvalue weighted by molar-refractivity contribution is -0.133. The van der Waals surface area contributed by atoms with Crippen molar-refractivity contribution in [1.29, 1.82) is 0 Å². The number of hydrogen-bond donors (Lipinski definition) is 0. The number of likely N-dealkylation sites (N-methyl/N-ethyl adjacent to an activating group) is 1. The van der Waals surface area contributed by atoms with Crippen molar-refractivity contribution in [3.05, 3.63) is 71.6 Å². The normalized spacial score (nSPS) is 12.0. The minimum Gasteiger partial charge on any atom is -0.343 e. The predicted molar refractivity (Wildman–Crippen MR) is 97.3 cm³/mol.